The molecule has 1 atom stereocenters. The Hall–Kier alpha value is -0.880. The van der Waals surface area contributed by atoms with Gasteiger partial charge in [-0.1, -0.05) is 34.1 Å². The van der Waals surface area contributed by atoms with Crippen LogP contribution in [0.15, 0.2) is 30.3 Å². The molecule has 6 heteroatoms. The maximum Gasteiger partial charge on any atom is 0.239 e. The van der Waals surface area contributed by atoms with Crippen molar-refractivity contribution in [1.29, 1.82) is 0 Å². The van der Waals surface area contributed by atoms with Crippen LogP contribution in [0.1, 0.15) is 6.92 Å². The van der Waals surface area contributed by atoms with Gasteiger partial charge in [0.2, 0.25) is 10.0 Å². The predicted molar refractivity (Wildman–Crippen MR) is 67.2 cm³/mol. The first-order chi connectivity index (χ1) is 7.41. The zero-order chi connectivity index (χ0) is 12.2. The Balaban J connectivity index is 2.70. The van der Waals surface area contributed by atoms with E-state index < -0.39 is 20.6 Å². The van der Waals surface area contributed by atoms with Gasteiger partial charge in [0.15, 0.2) is 5.78 Å². The number of alkyl halides is 1. The van der Waals surface area contributed by atoms with Gasteiger partial charge in [-0.15, -0.1) is 0 Å². The lowest BCUT2D eigenvalue weighted by Gasteiger charge is -2.07. The maximum atomic E-state index is 11.6. The molecule has 0 radical (unpaired) electrons. The van der Waals surface area contributed by atoms with E-state index in [9.17, 15) is 13.2 Å². The number of anilines is 1. The summed E-state index contributed by atoms with van der Waals surface area (Å²) in [6.45, 7) is 1.60. The first-order valence-electron chi connectivity index (χ1n) is 4.63. The molecule has 1 rings (SSSR count). The average Bonchev–Trinajstić information content (AvgIpc) is 2.17. The van der Waals surface area contributed by atoms with E-state index in [1.807, 2.05) is 0 Å². The van der Waals surface area contributed by atoms with Crippen LogP contribution in [0, 0.1) is 0 Å². The molecular formula is C10H12BrNO3S. The van der Waals surface area contributed by atoms with E-state index in [-0.39, 0.29) is 5.78 Å². The van der Waals surface area contributed by atoms with Crippen molar-refractivity contribution in [3.63, 3.8) is 0 Å². The number of hydrogen-bond acceptors (Lipinski definition) is 3. The van der Waals surface area contributed by atoms with Gasteiger partial charge in [0.25, 0.3) is 0 Å². The second-order valence-electron chi connectivity index (χ2n) is 3.31. The van der Waals surface area contributed by atoms with Gasteiger partial charge in [-0.25, -0.2) is 8.42 Å². The number of para-hydroxylation sites is 1. The number of Topliss-reactive ketones (excluding diaryl/α,β-unsaturated/α-hetero) is 1. The molecule has 16 heavy (non-hydrogen) atoms. The van der Waals surface area contributed by atoms with Crippen LogP contribution < -0.4 is 4.72 Å². The third kappa shape index (κ3) is 4.32. The summed E-state index contributed by atoms with van der Waals surface area (Å²) in [5.41, 5.74) is 0.456. The zero-order valence-electron chi connectivity index (χ0n) is 8.68. The molecule has 0 spiro atoms. The summed E-state index contributed by atoms with van der Waals surface area (Å²) in [4.78, 5) is 10.8. The van der Waals surface area contributed by atoms with Crippen molar-refractivity contribution >= 4 is 37.4 Å². The first kappa shape index (κ1) is 13.2. The van der Waals surface area contributed by atoms with E-state index in [1.165, 1.54) is 0 Å². The summed E-state index contributed by atoms with van der Waals surface area (Å²) in [7, 11) is -3.61. The maximum absolute atomic E-state index is 11.6. The lowest BCUT2D eigenvalue weighted by molar-refractivity contribution is -0.115. The Morgan fingerprint density at radius 3 is 2.44 bits per heavy atom. The minimum Gasteiger partial charge on any atom is -0.297 e. The standard InChI is InChI=1S/C10H12BrNO3S/c1-8(11)10(13)7-16(14,15)12-9-5-3-2-4-6-9/h2-6,8,12H,7H2,1H3. The number of rotatable bonds is 5. The molecule has 0 saturated heterocycles. The number of carbonyl (C=O) groups excluding carboxylic acids is 1. The summed E-state index contributed by atoms with van der Waals surface area (Å²) >= 11 is 3.04. The summed E-state index contributed by atoms with van der Waals surface area (Å²) in [5, 5.41) is 0. The highest BCUT2D eigenvalue weighted by atomic mass is 79.9. The third-order valence-corrected chi connectivity index (χ3v) is 3.55. The fourth-order valence-electron chi connectivity index (χ4n) is 1.02. The molecule has 0 heterocycles. The number of nitrogens with one attached hydrogen (secondary N) is 1. The van der Waals surface area contributed by atoms with E-state index in [2.05, 4.69) is 20.7 Å². The molecular weight excluding hydrogens is 294 g/mol. The highest BCUT2D eigenvalue weighted by molar-refractivity contribution is 9.10. The molecule has 0 fully saturated rings. The van der Waals surface area contributed by atoms with Crippen molar-refractivity contribution in [2.45, 2.75) is 11.8 Å². The number of hydrogen-bond donors (Lipinski definition) is 1. The lowest BCUT2D eigenvalue weighted by atomic mass is 10.3. The smallest absolute Gasteiger partial charge is 0.239 e. The molecule has 1 aromatic rings. The molecule has 0 aliphatic carbocycles. The quantitative estimate of drug-likeness (QED) is 0.844. The van der Waals surface area contributed by atoms with E-state index >= 15 is 0 Å². The molecule has 1 unspecified atom stereocenters. The predicted octanol–water partition coefficient (Wildman–Crippen LogP) is 1.78. The first-order valence-corrected chi connectivity index (χ1v) is 7.20. The van der Waals surface area contributed by atoms with Crippen LogP contribution in [0.3, 0.4) is 0 Å². The van der Waals surface area contributed by atoms with Gasteiger partial charge in [-0.3, -0.25) is 9.52 Å². The zero-order valence-corrected chi connectivity index (χ0v) is 11.1. The van der Waals surface area contributed by atoms with Gasteiger partial charge in [0, 0.05) is 5.69 Å². The van der Waals surface area contributed by atoms with Crippen LogP contribution in [0.2, 0.25) is 0 Å². The molecule has 0 saturated carbocycles. The summed E-state index contributed by atoms with van der Waals surface area (Å²) < 4.78 is 25.5. The Kier molecular flexibility index (Phi) is 4.49. The van der Waals surface area contributed by atoms with Crippen molar-refractivity contribution in [2.75, 3.05) is 10.5 Å². The van der Waals surface area contributed by atoms with Crippen molar-refractivity contribution in [1.82, 2.24) is 0 Å². The molecule has 0 aliphatic rings. The van der Waals surface area contributed by atoms with Gasteiger partial charge >= 0.3 is 0 Å². The highest BCUT2D eigenvalue weighted by Crippen LogP contribution is 2.09. The molecule has 4 nitrogen and oxygen atoms in total. The van der Waals surface area contributed by atoms with Gasteiger partial charge in [0.1, 0.15) is 5.75 Å². The van der Waals surface area contributed by atoms with Crippen LogP contribution in [0.25, 0.3) is 0 Å². The SMILES string of the molecule is CC(Br)C(=O)CS(=O)(=O)Nc1ccccc1. The van der Waals surface area contributed by atoms with Crippen LogP contribution in [-0.4, -0.2) is 24.8 Å². The van der Waals surface area contributed by atoms with Crippen LogP contribution in [-0.2, 0) is 14.8 Å². The van der Waals surface area contributed by atoms with E-state index in [4.69, 9.17) is 0 Å². The average molecular weight is 306 g/mol. The Morgan fingerprint density at radius 1 is 1.38 bits per heavy atom. The fourth-order valence-corrected chi connectivity index (χ4v) is 2.59. The largest absolute Gasteiger partial charge is 0.297 e. The van der Waals surface area contributed by atoms with Crippen molar-refractivity contribution in [2.24, 2.45) is 0 Å². The van der Waals surface area contributed by atoms with Gasteiger partial charge in [0.05, 0.1) is 4.83 Å². The van der Waals surface area contributed by atoms with Crippen LogP contribution in [0.5, 0.6) is 0 Å². The monoisotopic (exact) mass is 305 g/mol. The van der Waals surface area contributed by atoms with Gasteiger partial charge < -0.3 is 0 Å². The van der Waals surface area contributed by atoms with Crippen molar-refractivity contribution in [3.8, 4) is 0 Å². The van der Waals surface area contributed by atoms with E-state index in [1.54, 1.807) is 37.3 Å². The fraction of sp³-hybridized carbons (Fsp3) is 0.300. The van der Waals surface area contributed by atoms with E-state index in [0.29, 0.717) is 5.69 Å². The second kappa shape index (κ2) is 5.45. The summed E-state index contributed by atoms with van der Waals surface area (Å²) in [6, 6.07) is 8.46. The Morgan fingerprint density at radius 2 is 1.94 bits per heavy atom. The molecule has 0 aromatic heterocycles. The normalized spacial score (nSPS) is 13.1. The minimum atomic E-state index is -3.61. The number of sulfonamides is 1. The molecule has 0 bridgehead atoms. The second-order valence-corrected chi connectivity index (χ2v) is 6.41. The van der Waals surface area contributed by atoms with Crippen LogP contribution in [0.4, 0.5) is 5.69 Å². The van der Waals surface area contributed by atoms with E-state index in [0.717, 1.165) is 0 Å². The van der Waals surface area contributed by atoms with Crippen molar-refractivity contribution in [3.05, 3.63) is 30.3 Å². The lowest BCUT2D eigenvalue weighted by Crippen LogP contribution is -2.26. The molecule has 1 aromatic carbocycles. The Labute approximate surface area is 103 Å². The summed E-state index contributed by atoms with van der Waals surface area (Å²) in [6.07, 6.45) is 0. The number of ketones is 1. The molecule has 0 amide bonds. The Bertz CT molecular complexity index is 456. The molecule has 88 valence electrons. The number of halogens is 1. The van der Waals surface area contributed by atoms with Gasteiger partial charge in [-0.2, -0.15) is 0 Å². The van der Waals surface area contributed by atoms with Crippen LogP contribution >= 0.6 is 15.9 Å². The summed E-state index contributed by atoms with van der Waals surface area (Å²) in [5.74, 6) is -0.891. The third-order valence-electron chi connectivity index (χ3n) is 1.82. The topological polar surface area (TPSA) is 63.2 Å². The number of carbonyl (C=O) groups is 1. The minimum absolute atomic E-state index is 0.372. The van der Waals surface area contributed by atoms with Gasteiger partial charge in [-0.05, 0) is 19.1 Å². The molecule has 0 aliphatic heterocycles. The molecule has 1 N–H and O–H groups in total. The number of benzene rings is 1. The highest BCUT2D eigenvalue weighted by Gasteiger charge is 2.19. The van der Waals surface area contributed by atoms with Crippen molar-refractivity contribution < 1.29 is 13.2 Å².